The van der Waals surface area contributed by atoms with Gasteiger partial charge in [0.05, 0.1) is 16.0 Å². The summed E-state index contributed by atoms with van der Waals surface area (Å²) in [5.74, 6) is 1.11. The van der Waals surface area contributed by atoms with Crippen LogP contribution >= 0.6 is 27.3 Å². The number of furan rings is 1. The Labute approximate surface area is 94.9 Å². The minimum absolute atomic E-state index is 0.182. The smallest absolute Gasteiger partial charge is 0.113 e. The Kier molecular flexibility index (Phi) is 3.05. The van der Waals surface area contributed by atoms with Crippen molar-refractivity contribution < 1.29 is 4.42 Å². The molecule has 1 atom stereocenters. The number of hydrogen-bond donors (Lipinski definition) is 1. The van der Waals surface area contributed by atoms with Gasteiger partial charge >= 0.3 is 0 Å². The van der Waals surface area contributed by atoms with Crippen molar-refractivity contribution in [3.8, 4) is 0 Å². The van der Waals surface area contributed by atoms with Gasteiger partial charge in [-0.3, -0.25) is 0 Å². The van der Waals surface area contributed by atoms with E-state index in [0.29, 0.717) is 6.54 Å². The summed E-state index contributed by atoms with van der Waals surface area (Å²) in [6.45, 7) is 0.570. The van der Waals surface area contributed by atoms with Crippen molar-refractivity contribution in [3.63, 3.8) is 0 Å². The van der Waals surface area contributed by atoms with Crippen molar-refractivity contribution in [2.24, 2.45) is 5.73 Å². The van der Waals surface area contributed by atoms with E-state index < -0.39 is 0 Å². The molecule has 0 fully saturated rings. The minimum atomic E-state index is 0.182. The Morgan fingerprint density at radius 3 is 2.79 bits per heavy atom. The molecule has 0 aliphatic heterocycles. The number of hydrogen-bond acceptors (Lipinski definition) is 3. The average Bonchev–Trinajstić information content (AvgIpc) is 2.79. The standard InChI is InChI=1S/C10H10BrNOS/c11-10-4-3-9(14-10)7(6-12)8-2-1-5-13-8/h1-5,7H,6,12H2. The molecule has 1 unspecified atom stereocenters. The monoisotopic (exact) mass is 271 g/mol. The Morgan fingerprint density at radius 1 is 1.43 bits per heavy atom. The third-order valence-corrected chi connectivity index (χ3v) is 3.80. The molecule has 0 amide bonds. The van der Waals surface area contributed by atoms with Crippen LogP contribution in [0.25, 0.3) is 0 Å². The summed E-state index contributed by atoms with van der Waals surface area (Å²) in [5.41, 5.74) is 5.74. The average molecular weight is 272 g/mol. The van der Waals surface area contributed by atoms with E-state index in [-0.39, 0.29) is 5.92 Å². The van der Waals surface area contributed by atoms with Crippen molar-refractivity contribution >= 4 is 27.3 Å². The van der Waals surface area contributed by atoms with Crippen molar-refractivity contribution in [2.75, 3.05) is 6.54 Å². The summed E-state index contributed by atoms with van der Waals surface area (Å²) in [6.07, 6.45) is 1.68. The lowest BCUT2D eigenvalue weighted by atomic mass is 10.1. The van der Waals surface area contributed by atoms with Gasteiger partial charge in [-0.05, 0) is 40.2 Å². The van der Waals surface area contributed by atoms with Gasteiger partial charge in [0.2, 0.25) is 0 Å². The van der Waals surface area contributed by atoms with Gasteiger partial charge < -0.3 is 10.2 Å². The molecule has 0 saturated carbocycles. The summed E-state index contributed by atoms with van der Waals surface area (Å²) in [6, 6.07) is 7.96. The Bertz CT molecular complexity index is 396. The summed E-state index contributed by atoms with van der Waals surface area (Å²) in [4.78, 5) is 1.23. The topological polar surface area (TPSA) is 39.2 Å². The molecule has 0 aliphatic carbocycles. The minimum Gasteiger partial charge on any atom is -0.469 e. The van der Waals surface area contributed by atoms with Crippen LogP contribution in [0.4, 0.5) is 0 Å². The molecule has 0 saturated heterocycles. The SMILES string of the molecule is NCC(c1ccco1)c1ccc(Br)s1. The lowest BCUT2D eigenvalue weighted by Gasteiger charge is -2.08. The van der Waals surface area contributed by atoms with E-state index in [4.69, 9.17) is 10.2 Å². The van der Waals surface area contributed by atoms with Gasteiger partial charge in [-0.2, -0.15) is 0 Å². The van der Waals surface area contributed by atoms with Gasteiger partial charge in [0.25, 0.3) is 0 Å². The second-order valence-corrected chi connectivity index (χ2v) is 5.44. The summed E-state index contributed by atoms with van der Waals surface area (Å²) in [5, 5.41) is 0. The molecule has 2 aromatic heterocycles. The molecule has 0 aliphatic rings. The molecule has 2 nitrogen and oxygen atoms in total. The van der Waals surface area contributed by atoms with Gasteiger partial charge in [0.15, 0.2) is 0 Å². The van der Waals surface area contributed by atoms with Crippen LogP contribution in [0, 0.1) is 0 Å². The molecule has 0 aromatic carbocycles. The fraction of sp³-hybridized carbons (Fsp3) is 0.200. The van der Waals surface area contributed by atoms with Gasteiger partial charge in [0.1, 0.15) is 5.76 Å². The predicted octanol–water partition coefficient (Wildman–Crippen LogP) is 3.19. The van der Waals surface area contributed by atoms with Crippen LogP contribution in [-0.2, 0) is 0 Å². The third-order valence-electron chi connectivity index (χ3n) is 2.06. The molecule has 2 rings (SSSR count). The number of rotatable bonds is 3. The zero-order valence-corrected chi connectivity index (χ0v) is 9.85. The molecular formula is C10H10BrNOS. The van der Waals surface area contributed by atoms with Gasteiger partial charge in [-0.25, -0.2) is 0 Å². The van der Waals surface area contributed by atoms with E-state index in [2.05, 4.69) is 22.0 Å². The summed E-state index contributed by atoms with van der Waals surface area (Å²) < 4.78 is 6.48. The first-order valence-electron chi connectivity index (χ1n) is 4.30. The molecule has 2 heterocycles. The van der Waals surface area contributed by atoms with Crippen LogP contribution in [0.15, 0.2) is 38.7 Å². The van der Waals surface area contributed by atoms with Gasteiger partial charge in [0, 0.05) is 11.4 Å². The Balaban J connectivity index is 2.31. The first-order chi connectivity index (χ1) is 6.81. The molecule has 0 bridgehead atoms. The van der Waals surface area contributed by atoms with Crippen LogP contribution in [-0.4, -0.2) is 6.54 Å². The van der Waals surface area contributed by atoms with Crippen LogP contribution in [0.5, 0.6) is 0 Å². The predicted molar refractivity (Wildman–Crippen MR) is 61.6 cm³/mol. The summed E-state index contributed by atoms with van der Waals surface area (Å²) in [7, 11) is 0. The van der Waals surface area contributed by atoms with Crippen LogP contribution in [0.3, 0.4) is 0 Å². The van der Waals surface area contributed by atoms with E-state index in [0.717, 1.165) is 9.55 Å². The van der Waals surface area contributed by atoms with E-state index >= 15 is 0 Å². The largest absolute Gasteiger partial charge is 0.469 e. The van der Waals surface area contributed by atoms with Crippen molar-refractivity contribution in [1.82, 2.24) is 0 Å². The Morgan fingerprint density at radius 2 is 2.29 bits per heavy atom. The molecule has 74 valence electrons. The van der Waals surface area contributed by atoms with Crippen molar-refractivity contribution in [1.29, 1.82) is 0 Å². The molecular weight excluding hydrogens is 262 g/mol. The molecule has 2 aromatic rings. The second-order valence-electron chi connectivity index (χ2n) is 2.95. The fourth-order valence-electron chi connectivity index (χ4n) is 1.38. The van der Waals surface area contributed by atoms with E-state index in [1.54, 1.807) is 17.6 Å². The first kappa shape index (κ1) is 9.96. The number of thiophene rings is 1. The highest BCUT2D eigenvalue weighted by atomic mass is 79.9. The maximum absolute atomic E-state index is 5.74. The second kappa shape index (κ2) is 4.29. The molecule has 0 radical (unpaired) electrons. The highest BCUT2D eigenvalue weighted by Crippen LogP contribution is 2.32. The Hall–Kier alpha value is -0.580. The lowest BCUT2D eigenvalue weighted by molar-refractivity contribution is 0.490. The summed E-state index contributed by atoms with van der Waals surface area (Å²) >= 11 is 5.14. The third kappa shape index (κ3) is 1.92. The maximum atomic E-state index is 5.74. The first-order valence-corrected chi connectivity index (χ1v) is 5.91. The van der Waals surface area contributed by atoms with Gasteiger partial charge in [-0.15, -0.1) is 11.3 Å². The van der Waals surface area contributed by atoms with Crippen molar-refractivity contribution in [3.05, 3.63) is 45.0 Å². The van der Waals surface area contributed by atoms with E-state index in [1.807, 2.05) is 18.2 Å². The molecule has 14 heavy (non-hydrogen) atoms. The van der Waals surface area contributed by atoms with E-state index in [1.165, 1.54) is 4.88 Å². The fourth-order valence-corrected chi connectivity index (χ4v) is 2.92. The van der Waals surface area contributed by atoms with Crippen LogP contribution in [0.2, 0.25) is 0 Å². The van der Waals surface area contributed by atoms with Crippen LogP contribution < -0.4 is 5.73 Å². The zero-order valence-electron chi connectivity index (χ0n) is 7.44. The molecule has 0 spiro atoms. The highest BCUT2D eigenvalue weighted by Gasteiger charge is 2.16. The van der Waals surface area contributed by atoms with Crippen molar-refractivity contribution in [2.45, 2.75) is 5.92 Å². The van der Waals surface area contributed by atoms with Crippen LogP contribution in [0.1, 0.15) is 16.6 Å². The normalized spacial score (nSPS) is 13.0. The van der Waals surface area contributed by atoms with E-state index in [9.17, 15) is 0 Å². The molecule has 4 heteroatoms. The highest BCUT2D eigenvalue weighted by molar-refractivity contribution is 9.11. The number of halogens is 1. The maximum Gasteiger partial charge on any atom is 0.113 e. The number of nitrogens with two attached hydrogens (primary N) is 1. The zero-order chi connectivity index (χ0) is 9.97. The van der Waals surface area contributed by atoms with Gasteiger partial charge in [-0.1, -0.05) is 0 Å². The molecule has 2 N–H and O–H groups in total. The lowest BCUT2D eigenvalue weighted by Crippen LogP contribution is -2.11. The quantitative estimate of drug-likeness (QED) is 0.931.